The quantitative estimate of drug-likeness (QED) is 0.612. The van der Waals surface area contributed by atoms with Crippen LogP contribution in [0.3, 0.4) is 0 Å². The summed E-state index contributed by atoms with van der Waals surface area (Å²) in [4.78, 5) is 22.6. The molecule has 1 aromatic rings. The van der Waals surface area contributed by atoms with Crippen LogP contribution in [0.25, 0.3) is 0 Å². The molecule has 1 fully saturated rings. The van der Waals surface area contributed by atoms with E-state index in [-0.39, 0.29) is 5.92 Å². The average molecular weight is 264 g/mol. The number of cyclic esters (lactones) is 2. The number of hydrogen-bond acceptors (Lipinski definition) is 5. The summed E-state index contributed by atoms with van der Waals surface area (Å²) in [5, 5.41) is 0. The molecular weight excluding hydrogens is 248 g/mol. The van der Waals surface area contributed by atoms with Gasteiger partial charge in [0.2, 0.25) is 0 Å². The van der Waals surface area contributed by atoms with Crippen molar-refractivity contribution >= 4 is 11.9 Å². The van der Waals surface area contributed by atoms with Crippen LogP contribution in [0, 0.1) is 5.92 Å². The Kier molecular flexibility index (Phi) is 4.04. The Morgan fingerprint density at radius 3 is 2.58 bits per heavy atom. The monoisotopic (exact) mass is 264 g/mol. The second kappa shape index (κ2) is 5.73. The van der Waals surface area contributed by atoms with Gasteiger partial charge in [0.05, 0.1) is 20.1 Å². The molecule has 0 amide bonds. The lowest BCUT2D eigenvalue weighted by molar-refractivity contribution is -0.167. The Morgan fingerprint density at radius 2 is 1.95 bits per heavy atom. The van der Waals surface area contributed by atoms with E-state index in [4.69, 9.17) is 9.47 Å². The standard InChI is InChI=1S/C14H16O5/c1-17-11-5-3-9(8-12(11)18-2)7-10-4-6-13(15)19-14(10)16/h3,5,8,10H,4,6-7H2,1-2H3. The number of esters is 2. The minimum atomic E-state index is -0.439. The normalized spacial score (nSPS) is 18.9. The third-order valence-corrected chi connectivity index (χ3v) is 3.17. The molecule has 0 aliphatic carbocycles. The minimum absolute atomic E-state index is 0.268. The van der Waals surface area contributed by atoms with E-state index in [1.165, 1.54) is 0 Å². The molecule has 2 rings (SSSR count). The van der Waals surface area contributed by atoms with Crippen LogP contribution >= 0.6 is 0 Å². The number of methoxy groups -OCH3 is 2. The van der Waals surface area contributed by atoms with Crippen LogP contribution in [0.1, 0.15) is 18.4 Å². The Labute approximate surface area is 111 Å². The smallest absolute Gasteiger partial charge is 0.316 e. The van der Waals surface area contributed by atoms with Crippen molar-refractivity contribution in [2.24, 2.45) is 5.92 Å². The van der Waals surface area contributed by atoms with Crippen molar-refractivity contribution in [3.63, 3.8) is 0 Å². The van der Waals surface area contributed by atoms with E-state index in [1.54, 1.807) is 20.3 Å². The van der Waals surface area contributed by atoms with Crippen LogP contribution in [-0.4, -0.2) is 26.2 Å². The van der Waals surface area contributed by atoms with Gasteiger partial charge in [-0.15, -0.1) is 0 Å². The van der Waals surface area contributed by atoms with E-state index in [2.05, 4.69) is 4.74 Å². The first-order valence-corrected chi connectivity index (χ1v) is 6.09. The zero-order chi connectivity index (χ0) is 13.8. The Bertz CT molecular complexity index is 495. The highest BCUT2D eigenvalue weighted by molar-refractivity contribution is 5.89. The first-order valence-electron chi connectivity index (χ1n) is 6.09. The molecule has 0 spiro atoms. The van der Waals surface area contributed by atoms with Gasteiger partial charge in [-0.25, -0.2) is 0 Å². The number of benzene rings is 1. The summed E-state index contributed by atoms with van der Waals surface area (Å²) in [6.45, 7) is 0. The van der Waals surface area contributed by atoms with Gasteiger partial charge in [-0.05, 0) is 30.5 Å². The molecule has 19 heavy (non-hydrogen) atoms. The third kappa shape index (κ3) is 3.05. The molecule has 1 saturated heterocycles. The molecule has 1 aliphatic heterocycles. The van der Waals surface area contributed by atoms with Gasteiger partial charge in [0.1, 0.15) is 0 Å². The van der Waals surface area contributed by atoms with Crippen LogP contribution in [0.4, 0.5) is 0 Å². The Hall–Kier alpha value is -2.04. The maximum absolute atomic E-state index is 11.6. The zero-order valence-electron chi connectivity index (χ0n) is 11.0. The summed E-state index contributed by atoms with van der Waals surface area (Å²) in [6.07, 6.45) is 1.36. The molecule has 1 aliphatic rings. The Morgan fingerprint density at radius 1 is 1.21 bits per heavy atom. The number of rotatable bonds is 4. The van der Waals surface area contributed by atoms with Crippen LogP contribution in [0.2, 0.25) is 0 Å². The number of carbonyl (C=O) groups excluding carboxylic acids is 2. The predicted molar refractivity (Wildman–Crippen MR) is 67.1 cm³/mol. The average Bonchev–Trinajstić information content (AvgIpc) is 2.41. The lowest BCUT2D eigenvalue weighted by Crippen LogP contribution is -2.29. The van der Waals surface area contributed by atoms with E-state index in [9.17, 15) is 9.59 Å². The molecule has 0 bridgehead atoms. The molecular formula is C14H16O5. The molecule has 0 radical (unpaired) electrons. The van der Waals surface area contributed by atoms with Gasteiger partial charge in [0, 0.05) is 6.42 Å². The molecule has 0 N–H and O–H groups in total. The summed E-state index contributed by atoms with van der Waals surface area (Å²) in [5.41, 5.74) is 0.953. The maximum atomic E-state index is 11.6. The third-order valence-electron chi connectivity index (χ3n) is 3.17. The topological polar surface area (TPSA) is 61.8 Å². The van der Waals surface area contributed by atoms with E-state index in [1.807, 2.05) is 12.1 Å². The molecule has 102 valence electrons. The zero-order valence-corrected chi connectivity index (χ0v) is 11.0. The van der Waals surface area contributed by atoms with E-state index < -0.39 is 11.9 Å². The lowest BCUT2D eigenvalue weighted by Gasteiger charge is -2.19. The van der Waals surface area contributed by atoms with Crippen molar-refractivity contribution in [3.05, 3.63) is 23.8 Å². The molecule has 0 aromatic heterocycles. The van der Waals surface area contributed by atoms with Gasteiger partial charge in [-0.1, -0.05) is 6.07 Å². The highest BCUT2D eigenvalue weighted by Crippen LogP contribution is 2.29. The van der Waals surface area contributed by atoms with Crippen molar-refractivity contribution < 1.29 is 23.8 Å². The molecule has 1 atom stereocenters. The first-order chi connectivity index (χ1) is 9.13. The lowest BCUT2D eigenvalue weighted by atomic mass is 9.93. The van der Waals surface area contributed by atoms with Gasteiger partial charge < -0.3 is 14.2 Å². The largest absolute Gasteiger partial charge is 0.493 e. The second-order valence-corrected chi connectivity index (χ2v) is 4.42. The van der Waals surface area contributed by atoms with E-state index in [0.29, 0.717) is 30.8 Å². The van der Waals surface area contributed by atoms with Gasteiger partial charge in [-0.2, -0.15) is 0 Å². The van der Waals surface area contributed by atoms with E-state index >= 15 is 0 Å². The highest BCUT2D eigenvalue weighted by atomic mass is 16.6. The van der Waals surface area contributed by atoms with E-state index in [0.717, 1.165) is 5.56 Å². The highest BCUT2D eigenvalue weighted by Gasteiger charge is 2.29. The molecule has 1 heterocycles. The van der Waals surface area contributed by atoms with Crippen molar-refractivity contribution in [1.29, 1.82) is 0 Å². The van der Waals surface area contributed by atoms with Gasteiger partial charge >= 0.3 is 11.9 Å². The fourth-order valence-corrected chi connectivity index (χ4v) is 2.13. The fraction of sp³-hybridized carbons (Fsp3) is 0.429. The van der Waals surface area contributed by atoms with Crippen molar-refractivity contribution in [1.82, 2.24) is 0 Å². The van der Waals surface area contributed by atoms with Gasteiger partial charge in [0.25, 0.3) is 0 Å². The maximum Gasteiger partial charge on any atom is 0.316 e. The SMILES string of the molecule is COc1ccc(CC2CCC(=O)OC2=O)cc1OC. The number of hydrogen-bond donors (Lipinski definition) is 0. The molecule has 5 heteroatoms. The fourth-order valence-electron chi connectivity index (χ4n) is 2.13. The minimum Gasteiger partial charge on any atom is -0.493 e. The van der Waals surface area contributed by atoms with Crippen molar-refractivity contribution in [3.8, 4) is 11.5 Å². The van der Waals surface area contributed by atoms with Crippen LogP contribution in [0.5, 0.6) is 11.5 Å². The second-order valence-electron chi connectivity index (χ2n) is 4.42. The van der Waals surface area contributed by atoms with Crippen LogP contribution in [0.15, 0.2) is 18.2 Å². The summed E-state index contributed by atoms with van der Waals surface area (Å²) in [7, 11) is 3.14. The van der Waals surface area contributed by atoms with Crippen molar-refractivity contribution in [2.45, 2.75) is 19.3 Å². The first kappa shape index (κ1) is 13.4. The van der Waals surface area contributed by atoms with Crippen LogP contribution in [-0.2, 0) is 20.7 Å². The van der Waals surface area contributed by atoms with Gasteiger partial charge in [0.15, 0.2) is 11.5 Å². The molecule has 1 unspecified atom stereocenters. The number of carbonyl (C=O) groups is 2. The van der Waals surface area contributed by atoms with Gasteiger partial charge in [-0.3, -0.25) is 9.59 Å². The van der Waals surface area contributed by atoms with Crippen molar-refractivity contribution in [2.75, 3.05) is 14.2 Å². The number of ether oxygens (including phenoxy) is 3. The molecule has 5 nitrogen and oxygen atoms in total. The predicted octanol–water partition coefficient (Wildman–Crippen LogP) is 1.73. The Balaban J connectivity index is 2.11. The summed E-state index contributed by atoms with van der Waals surface area (Å²) in [6, 6.07) is 5.51. The summed E-state index contributed by atoms with van der Waals surface area (Å²) < 4.78 is 15.0. The summed E-state index contributed by atoms with van der Waals surface area (Å²) in [5.74, 6) is 0.128. The molecule has 1 aromatic carbocycles. The summed E-state index contributed by atoms with van der Waals surface area (Å²) >= 11 is 0. The van der Waals surface area contributed by atoms with Crippen LogP contribution < -0.4 is 9.47 Å². The molecule has 0 saturated carbocycles.